The zero-order chi connectivity index (χ0) is 20.3. The zero-order valence-electron chi connectivity index (χ0n) is 16.7. The minimum absolute atomic E-state index is 0.605. The number of pyridine rings is 1. The van der Waals surface area contributed by atoms with Crippen molar-refractivity contribution >= 4 is 11.5 Å². The monoisotopic (exact) mass is 391 g/mol. The lowest BCUT2D eigenvalue weighted by atomic mass is 10.1. The number of anilines is 1. The Labute approximate surface area is 175 Å². The van der Waals surface area contributed by atoms with Crippen LogP contribution in [-0.2, 0) is 6.54 Å². The number of benzene rings is 2. The maximum atomic E-state index is 5.00. The van der Waals surface area contributed by atoms with Gasteiger partial charge in [-0.1, -0.05) is 66.7 Å². The highest BCUT2D eigenvalue weighted by molar-refractivity contribution is 5.82. The van der Waals surface area contributed by atoms with E-state index in [-0.39, 0.29) is 0 Å². The molecule has 5 nitrogen and oxygen atoms in total. The maximum absolute atomic E-state index is 5.00. The first-order chi connectivity index (χ1) is 14.8. The van der Waals surface area contributed by atoms with Gasteiger partial charge in [-0.25, -0.2) is 4.98 Å². The Bertz CT molecular complexity index is 1280. The Morgan fingerprint density at radius 3 is 2.23 bits per heavy atom. The van der Waals surface area contributed by atoms with Crippen molar-refractivity contribution in [3.8, 4) is 22.4 Å². The van der Waals surface area contributed by atoms with E-state index in [1.807, 2.05) is 72.1 Å². The predicted octanol–water partition coefficient (Wildman–Crippen LogP) is 5.38. The number of aromatic nitrogens is 4. The van der Waals surface area contributed by atoms with Gasteiger partial charge in [-0.15, -0.1) is 0 Å². The summed E-state index contributed by atoms with van der Waals surface area (Å²) in [4.78, 5) is 9.42. The zero-order valence-corrected chi connectivity index (χ0v) is 16.7. The van der Waals surface area contributed by atoms with Crippen molar-refractivity contribution in [2.45, 2.75) is 13.5 Å². The van der Waals surface area contributed by atoms with E-state index in [2.05, 4.69) is 34.6 Å². The van der Waals surface area contributed by atoms with Gasteiger partial charge in [-0.05, 0) is 24.6 Å². The first-order valence-electron chi connectivity index (χ1n) is 9.94. The molecule has 0 bridgehead atoms. The molecule has 5 heteroatoms. The fourth-order valence-corrected chi connectivity index (χ4v) is 3.63. The smallest absolute Gasteiger partial charge is 0.166 e. The molecule has 0 spiro atoms. The molecule has 0 aliphatic heterocycles. The second-order valence-electron chi connectivity index (χ2n) is 7.13. The Morgan fingerprint density at radius 1 is 0.833 bits per heavy atom. The lowest BCUT2D eigenvalue weighted by Gasteiger charge is -2.11. The third kappa shape index (κ3) is 3.42. The number of hydrogen-bond donors (Lipinski definition) is 1. The molecule has 0 amide bonds. The van der Waals surface area contributed by atoms with Crippen LogP contribution in [0.2, 0.25) is 0 Å². The van der Waals surface area contributed by atoms with Gasteiger partial charge >= 0.3 is 0 Å². The number of rotatable bonds is 5. The van der Waals surface area contributed by atoms with Crippen molar-refractivity contribution in [2.75, 3.05) is 5.32 Å². The van der Waals surface area contributed by atoms with Crippen LogP contribution in [0.4, 0.5) is 5.82 Å². The fourth-order valence-electron chi connectivity index (χ4n) is 3.63. The van der Waals surface area contributed by atoms with Crippen molar-refractivity contribution in [2.24, 2.45) is 0 Å². The van der Waals surface area contributed by atoms with Gasteiger partial charge in [-0.2, -0.15) is 9.61 Å². The Balaban J connectivity index is 1.68. The summed E-state index contributed by atoms with van der Waals surface area (Å²) < 4.78 is 1.90. The summed E-state index contributed by atoms with van der Waals surface area (Å²) in [5.41, 5.74) is 6.88. The first kappa shape index (κ1) is 18.1. The summed E-state index contributed by atoms with van der Waals surface area (Å²) in [6.45, 7) is 2.63. The molecule has 0 radical (unpaired) electrons. The highest BCUT2D eigenvalue weighted by atomic mass is 15.3. The van der Waals surface area contributed by atoms with Gasteiger partial charge in [0, 0.05) is 23.4 Å². The first-order valence-corrected chi connectivity index (χ1v) is 9.94. The van der Waals surface area contributed by atoms with Gasteiger partial charge in [0.05, 0.1) is 23.6 Å². The summed E-state index contributed by atoms with van der Waals surface area (Å²) >= 11 is 0. The van der Waals surface area contributed by atoms with Crippen LogP contribution >= 0.6 is 0 Å². The van der Waals surface area contributed by atoms with Crippen LogP contribution in [0.25, 0.3) is 28.0 Å². The van der Waals surface area contributed by atoms with Crippen molar-refractivity contribution in [3.63, 3.8) is 0 Å². The minimum Gasteiger partial charge on any atom is -0.364 e. The molecule has 0 aliphatic carbocycles. The van der Waals surface area contributed by atoms with Crippen molar-refractivity contribution in [3.05, 3.63) is 103 Å². The molecular formula is C25H21N5. The van der Waals surface area contributed by atoms with Gasteiger partial charge in [-0.3, -0.25) is 4.98 Å². The largest absolute Gasteiger partial charge is 0.364 e. The van der Waals surface area contributed by atoms with E-state index < -0.39 is 0 Å². The molecule has 5 rings (SSSR count). The lowest BCUT2D eigenvalue weighted by Crippen LogP contribution is -2.07. The molecule has 0 fully saturated rings. The molecule has 146 valence electrons. The SMILES string of the molecule is Cc1nn2c(NCc3ccccn3)cc(-c3ccccc3)nc2c1-c1ccccc1. The molecule has 3 heterocycles. The highest BCUT2D eigenvalue weighted by Crippen LogP contribution is 2.31. The molecule has 0 saturated carbocycles. The third-order valence-electron chi connectivity index (χ3n) is 5.07. The third-order valence-corrected chi connectivity index (χ3v) is 5.07. The molecule has 0 saturated heterocycles. The molecule has 5 aromatic rings. The van der Waals surface area contributed by atoms with Gasteiger partial charge in [0.15, 0.2) is 5.65 Å². The van der Waals surface area contributed by atoms with Crippen molar-refractivity contribution in [1.82, 2.24) is 19.6 Å². The number of nitrogens with one attached hydrogen (secondary N) is 1. The van der Waals surface area contributed by atoms with Gasteiger partial charge in [0.1, 0.15) is 5.82 Å². The predicted molar refractivity (Wildman–Crippen MR) is 120 cm³/mol. The Morgan fingerprint density at radius 2 is 1.53 bits per heavy atom. The average Bonchev–Trinajstić information content (AvgIpc) is 3.15. The summed E-state index contributed by atoms with van der Waals surface area (Å²) in [5, 5.41) is 8.31. The van der Waals surface area contributed by atoms with Crippen LogP contribution in [0.3, 0.4) is 0 Å². The molecule has 2 aromatic carbocycles. The van der Waals surface area contributed by atoms with Gasteiger partial charge in [0.25, 0.3) is 0 Å². The number of nitrogens with zero attached hydrogens (tertiary/aromatic N) is 4. The fraction of sp³-hybridized carbons (Fsp3) is 0.0800. The normalized spacial score (nSPS) is 11.0. The Hall–Kier alpha value is -3.99. The minimum atomic E-state index is 0.605. The van der Waals surface area contributed by atoms with E-state index in [9.17, 15) is 0 Å². The summed E-state index contributed by atoms with van der Waals surface area (Å²) in [6, 6.07) is 28.5. The van der Waals surface area contributed by atoms with Crippen LogP contribution in [0.1, 0.15) is 11.4 Å². The second-order valence-corrected chi connectivity index (χ2v) is 7.13. The topological polar surface area (TPSA) is 55.1 Å². The van der Waals surface area contributed by atoms with Crippen LogP contribution < -0.4 is 5.32 Å². The lowest BCUT2D eigenvalue weighted by molar-refractivity contribution is 0.901. The van der Waals surface area contributed by atoms with E-state index in [4.69, 9.17) is 10.1 Å². The van der Waals surface area contributed by atoms with Crippen LogP contribution in [0.15, 0.2) is 91.1 Å². The van der Waals surface area contributed by atoms with Crippen LogP contribution in [0, 0.1) is 6.92 Å². The maximum Gasteiger partial charge on any atom is 0.166 e. The molecular weight excluding hydrogens is 370 g/mol. The van der Waals surface area contributed by atoms with Crippen molar-refractivity contribution in [1.29, 1.82) is 0 Å². The number of hydrogen-bond acceptors (Lipinski definition) is 4. The molecule has 0 atom stereocenters. The van der Waals surface area contributed by atoms with E-state index in [0.29, 0.717) is 6.54 Å². The standard InChI is InChI=1S/C25H21N5/c1-18-24(20-12-6-3-7-13-20)25-28-22(19-10-4-2-5-11-19)16-23(30(25)29-18)27-17-21-14-8-9-15-26-21/h2-16,27H,17H2,1H3. The van der Waals surface area contributed by atoms with E-state index >= 15 is 0 Å². The van der Waals surface area contributed by atoms with E-state index in [1.165, 1.54) is 0 Å². The Kier molecular flexibility index (Phi) is 4.69. The molecule has 0 unspecified atom stereocenters. The molecule has 3 aromatic heterocycles. The summed E-state index contributed by atoms with van der Waals surface area (Å²) in [5.74, 6) is 0.884. The van der Waals surface area contributed by atoms with Gasteiger partial charge < -0.3 is 5.32 Å². The molecule has 1 N–H and O–H groups in total. The van der Waals surface area contributed by atoms with Gasteiger partial charge in [0.2, 0.25) is 0 Å². The quantitative estimate of drug-likeness (QED) is 0.437. The number of fused-ring (bicyclic) bond motifs is 1. The van der Waals surface area contributed by atoms with Crippen LogP contribution in [-0.4, -0.2) is 19.6 Å². The number of aryl methyl sites for hydroxylation is 1. The molecule has 0 aliphatic rings. The summed E-state index contributed by atoms with van der Waals surface area (Å²) in [6.07, 6.45) is 1.81. The van der Waals surface area contributed by atoms with Crippen molar-refractivity contribution < 1.29 is 0 Å². The van der Waals surface area contributed by atoms with Crippen LogP contribution in [0.5, 0.6) is 0 Å². The second kappa shape index (κ2) is 7.79. The average molecular weight is 391 g/mol. The highest BCUT2D eigenvalue weighted by Gasteiger charge is 2.17. The van der Waals surface area contributed by atoms with E-state index in [1.54, 1.807) is 6.20 Å². The summed E-state index contributed by atoms with van der Waals surface area (Å²) in [7, 11) is 0. The van der Waals surface area contributed by atoms with E-state index in [0.717, 1.165) is 45.2 Å². The molecule has 30 heavy (non-hydrogen) atoms.